The van der Waals surface area contributed by atoms with E-state index >= 15 is 0 Å². The molecule has 49 heavy (non-hydrogen) atoms. The molecule has 0 radical (unpaired) electrons. The molecule has 7 rings (SSSR count). The smallest absolute Gasteiger partial charge is 0.356 e. The molecule has 0 aliphatic heterocycles. The van der Waals surface area contributed by atoms with Crippen LogP contribution in [0.25, 0.3) is 11.2 Å². The van der Waals surface area contributed by atoms with Gasteiger partial charge in [0.1, 0.15) is 35.2 Å². The minimum Gasteiger partial charge on any atom is -0.497 e. The third-order valence-corrected chi connectivity index (χ3v) is 11.6. The number of hydrogen-bond donors (Lipinski definition) is 1. The van der Waals surface area contributed by atoms with Gasteiger partial charge in [-0.2, -0.15) is 0 Å². The van der Waals surface area contributed by atoms with Crippen molar-refractivity contribution in [3.8, 4) is 11.5 Å². The highest BCUT2D eigenvalue weighted by Gasteiger charge is 2.62. The van der Waals surface area contributed by atoms with Gasteiger partial charge in [-0.3, -0.25) is 4.57 Å². The molecule has 0 saturated heterocycles. The Labute approximate surface area is 286 Å². The number of methoxy groups -OCH3 is 2. The Morgan fingerprint density at radius 2 is 1.45 bits per heavy atom. The molecule has 2 saturated carbocycles. The first-order valence-corrected chi connectivity index (χ1v) is 18.4. The number of nitrogens with zero attached hydrogens (tertiary/aromatic N) is 4. The van der Waals surface area contributed by atoms with Crippen molar-refractivity contribution in [3.63, 3.8) is 0 Å². The van der Waals surface area contributed by atoms with E-state index in [0.29, 0.717) is 30.5 Å². The van der Waals surface area contributed by atoms with E-state index < -0.39 is 13.1 Å². The molecule has 3 atom stereocenters. The molecule has 11 nitrogen and oxygen atoms in total. The predicted octanol–water partition coefficient (Wildman–Crippen LogP) is 7.37. The zero-order valence-electron chi connectivity index (χ0n) is 28.2. The quantitative estimate of drug-likeness (QED) is 0.0885. The molecule has 12 heteroatoms. The molecule has 1 N–H and O–H groups in total. The van der Waals surface area contributed by atoms with Crippen LogP contribution in [0.1, 0.15) is 49.8 Å². The zero-order chi connectivity index (χ0) is 34.1. The van der Waals surface area contributed by atoms with Crippen molar-refractivity contribution >= 4 is 24.6 Å². The van der Waals surface area contributed by atoms with Crippen LogP contribution in [0.3, 0.4) is 0 Å². The van der Waals surface area contributed by atoms with Crippen LogP contribution in [0, 0.1) is 5.92 Å². The minimum absolute atomic E-state index is 0.0542. The summed E-state index contributed by atoms with van der Waals surface area (Å²) in [5, 5.41) is 3.87. The third-order valence-electron chi connectivity index (χ3n) is 9.82. The fourth-order valence-electron chi connectivity index (χ4n) is 7.45. The molecule has 2 aromatic heterocycles. The number of ether oxygens (including phenoxy) is 3. The van der Waals surface area contributed by atoms with Crippen LogP contribution < -0.4 is 14.8 Å². The largest absolute Gasteiger partial charge is 0.497 e. The van der Waals surface area contributed by atoms with Crippen LogP contribution in [-0.4, -0.2) is 59.4 Å². The summed E-state index contributed by atoms with van der Waals surface area (Å²) in [6.07, 6.45) is 5.98. The van der Waals surface area contributed by atoms with Gasteiger partial charge in [0, 0.05) is 0 Å². The lowest BCUT2D eigenvalue weighted by atomic mass is 9.77. The molecule has 0 bridgehead atoms. The van der Waals surface area contributed by atoms with Gasteiger partial charge < -0.3 is 33.1 Å². The lowest BCUT2D eigenvalue weighted by molar-refractivity contribution is 0.0586. The summed E-state index contributed by atoms with van der Waals surface area (Å²) in [5.74, 6) is 2.54. The molecule has 2 fully saturated rings. The summed E-state index contributed by atoms with van der Waals surface area (Å²) in [4.78, 5) is 14.5. The van der Waals surface area contributed by atoms with Crippen LogP contribution in [0.15, 0.2) is 91.5 Å². The number of fused-ring (bicyclic) bond motifs is 2. The molecule has 2 heterocycles. The van der Waals surface area contributed by atoms with Crippen molar-refractivity contribution in [1.82, 2.24) is 19.5 Å². The Morgan fingerprint density at radius 3 is 2.04 bits per heavy atom. The predicted molar refractivity (Wildman–Crippen MR) is 187 cm³/mol. The van der Waals surface area contributed by atoms with Crippen LogP contribution in [0.5, 0.6) is 11.5 Å². The summed E-state index contributed by atoms with van der Waals surface area (Å²) in [6.45, 7) is 4.21. The first kappa shape index (κ1) is 33.2. The Hall–Kier alpha value is -4.28. The second kappa shape index (κ2) is 13.6. The second-order valence-electron chi connectivity index (χ2n) is 12.5. The molecule has 3 aromatic carbocycles. The van der Waals surface area contributed by atoms with Gasteiger partial charge in [0.05, 0.1) is 45.4 Å². The second-order valence-corrected chi connectivity index (χ2v) is 14.5. The Bertz CT molecular complexity index is 1880. The summed E-state index contributed by atoms with van der Waals surface area (Å²) >= 11 is 0. The molecular formula is C37H42N5O6P. The molecule has 256 valence electrons. The van der Waals surface area contributed by atoms with Gasteiger partial charge in [0.2, 0.25) is 0 Å². The van der Waals surface area contributed by atoms with E-state index in [4.69, 9.17) is 38.2 Å². The highest BCUT2D eigenvalue weighted by molar-refractivity contribution is 7.53. The Morgan fingerprint density at radius 1 is 0.837 bits per heavy atom. The van der Waals surface area contributed by atoms with Crippen molar-refractivity contribution in [2.75, 3.05) is 39.1 Å². The summed E-state index contributed by atoms with van der Waals surface area (Å²) in [7, 11) is 0.0343. The maximum absolute atomic E-state index is 13.0. The maximum atomic E-state index is 13.0. The molecular weight excluding hydrogens is 641 g/mol. The van der Waals surface area contributed by atoms with Crippen molar-refractivity contribution in [3.05, 3.63) is 108 Å². The number of anilines is 1. The van der Waals surface area contributed by atoms with Crippen LogP contribution >= 0.6 is 7.60 Å². The first-order chi connectivity index (χ1) is 23.9. The maximum Gasteiger partial charge on any atom is 0.356 e. The molecule has 2 aliphatic rings. The number of benzene rings is 3. The van der Waals surface area contributed by atoms with Gasteiger partial charge in [-0.25, -0.2) is 15.0 Å². The molecule has 0 unspecified atom stereocenters. The van der Waals surface area contributed by atoms with E-state index in [1.807, 2.05) is 48.8 Å². The topological polar surface area (TPSA) is 119 Å². The Kier molecular flexibility index (Phi) is 9.19. The third kappa shape index (κ3) is 6.10. The highest BCUT2D eigenvalue weighted by atomic mass is 31.2. The van der Waals surface area contributed by atoms with E-state index in [1.54, 1.807) is 34.4 Å². The van der Waals surface area contributed by atoms with Crippen molar-refractivity contribution < 1.29 is 27.8 Å². The standard InChI is InChI=1S/C37H42N5O6P/c1-5-47-49(43,48-6-2)25-46-32-20-29-21-36(29,22-32)42-24-40-33-34(38-23-39-35(33)42)41-37(26-10-8-7-9-11-26,27-12-16-30(44-3)17-13-27)28-14-18-31(45-4)19-15-28/h7-19,23-24,29,32H,5-6,20-22,25H2,1-4H3,(H,38,39,41)/t29-,32+,36+/m0/s1. The molecule has 0 amide bonds. The normalized spacial score (nSPS) is 20.2. The Balaban J connectivity index is 1.26. The highest BCUT2D eigenvalue weighted by Crippen LogP contribution is 2.63. The number of nitrogens with one attached hydrogen (secondary N) is 1. The van der Waals surface area contributed by atoms with E-state index in [1.165, 1.54) is 0 Å². The number of hydrogen-bond acceptors (Lipinski definition) is 10. The summed E-state index contributed by atoms with van der Waals surface area (Å²) in [6, 6.07) is 26.5. The van der Waals surface area contributed by atoms with Crippen molar-refractivity contribution in [2.24, 2.45) is 5.92 Å². The van der Waals surface area contributed by atoms with E-state index in [9.17, 15) is 4.57 Å². The van der Waals surface area contributed by atoms with Crippen LogP contribution in [0.4, 0.5) is 5.82 Å². The monoisotopic (exact) mass is 683 g/mol. The van der Waals surface area contributed by atoms with E-state index in [-0.39, 0.29) is 18.0 Å². The van der Waals surface area contributed by atoms with Crippen LogP contribution in [-0.2, 0) is 29.4 Å². The number of imidazole rings is 1. The van der Waals surface area contributed by atoms with Gasteiger partial charge in [-0.15, -0.1) is 0 Å². The number of aromatic nitrogens is 4. The fraction of sp³-hybridized carbons (Fsp3) is 0.378. The molecule has 2 aliphatic carbocycles. The van der Waals surface area contributed by atoms with Gasteiger partial charge in [-0.05, 0) is 80.0 Å². The van der Waals surface area contributed by atoms with Crippen LogP contribution in [0.2, 0.25) is 0 Å². The van der Waals surface area contributed by atoms with Crippen molar-refractivity contribution in [2.45, 2.75) is 50.3 Å². The average molecular weight is 684 g/mol. The summed E-state index contributed by atoms with van der Waals surface area (Å²) in [5.41, 5.74) is 3.38. The van der Waals surface area contributed by atoms with Gasteiger partial charge in [-0.1, -0.05) is 54.6 Å². The SMILES string of the molecule is CCOP(=O)(CO[C@@H]1C[C@H]2C[C@@]2(n2cnc3c(NC(c4ccccc4)(c4ccc(OC)cc4)c4ccc(OC)cc4)ncnc32)C1)OCC. The lowest BCUT2D eigenvalue weighted by Crippen LogP contribution is -2.38. The first-order valence-electron chi connectivity index (χ1n) is 16.7. The fourth-order valence-corrected chi connectivity index (χ4v) is 8.86. The lowest BCUT2D eigenvalue weighted by Gasteiger charge is -2.37. The molecule has 0 spiro atoms. The summed E-state index contributed by atoms with van der Waals surface area (Å²) < 4.78 is 43.4. The number of rotatable bonds is 15. The molecule has 5 aromatic rings. The van der Waals surface area contributed by atoms with E-state index in [0.717, 1.165) is 53.1 Å². The van der Waals surface area contributed by atoms with Gasteiger partial charge >= 0.3 is 7.60 Å². The van der Waals surface area contributed by atoms with Gasteiger partial charge in [0.25, 0.3) is 0 Å². The van der Waals surface area contributed by atoms with Gasteiger partial charge in [0.15, 0.2) is 11.5 Å². The zero-order valence-corrected chi connectivity index (χ0v) is 29.1. The average Bonchev–Trinajstić information content (AvgIpc) is 3.44. The van der Waals surface area contributed by atoms with E-state index in [2.05, 4.69) is 46.3 Å². The van der Waals surface area contributed by atoms with Crippen molar-refractivity contribution in [1.29, 1.82) is 0 Å². The minimum atomic E-state index is -3.29.